The molecular weight excluding hydrogens is 316 g/mol. The SMILES string of the molecule is O=C(O)C1CCCCN1c1ccc(Br)cc1[N+](=O)[O-]. The zero-order valence-corrected chi connectivity index (χ0v) is 11.7. The van der Waals surface area contributed by atoms with Crippen LogP contribution in [0.4, 0.5) is 11.4 Å². The van der Waals surface area contributed by atoms with Gasteiger partial charge in [-0.25, -0.2) is 4.79 Å². The molecule has 0 bridgehead atoms. The second-order valence-corrected chi connectivity index (χ2v) is 5.35. The fraction of sp³-hybridized carbons (Fsp3) is 0.417. The van der Waals surface area contributed by atoms with Crippen molar-refractivity contribution in [2.45, 2.75) is 25.3 Å². The number of halogens is 1. The third kappa shape index (κ3) is 2.86. The van der Waals surface area contributed by atoms with Crippen molar-refractivity contribution in [3.05, 3.63) is 32.8 Å². The highest BCUT2D eigenvalue weighted by molar-refractivity contribution is 9.10. The van der Waals surface area contributed by atoms with Gasteiger partial charge in [-0.1, -0.05) is 15.9 Å². The third-order valence-electron chi connectivity index (χ3n) is 3.23. The number of piperidine rings is 1. The fourth-order valence-corrected chi connectivity index (χ4v) is 2.71. The van der Waals surface area contributed by atoms with Crippen molar-refractivity contribution >= 4 is 33.3 Å². The van der Waals surface area contributed by atoms with E-state index < -0.39 is 16.9 Å². The van der Waals surface area contributed by atoms with Crippen LogP contribution in [0.5, 0.6) is 0 Å². The predicted octanol–water partition coefficient (Wildman–Crippen LogP) is 2.80. The van der Waals surface area contributed by atoms with Crippen LogP contribution in [0.15, 0.2) is 22.7 Å². The van der Waals surface area contributed by atoms with E-state index in [9.17, 15) is 20.0 Å². The molecule has 7 heteroatoms. The van der Waals surface area contributed by atoms with Crippen molar-refractivity contribution < 1.29 is 14.8 Å². The summed E-state index contributed by atoms with van der Waals surface area (Å²) in [7, 11) is 0. The van der Waals surface area contributed by atoms with Crippen LogP contribution in [-0.4, -0.2) is 28.6 Å². The first kappa shape index (κ1) is 13.8. The number of benzene rings is 1. The lowest BCUT2D eigenvalue weighted by atomic mass is 10.0. The van der Waals surface area contributed by atoms with E-state index >= 15 is 0 Å². The molecule has 1 atom stereocenters. The van der Waals surface area contributed by atoms with Crippen molar-refractivity contribution in [3.63, 3.8) is 0 Å². The summed E-state index contributed by atoms with van der Waals surface area (Å²) in [4.78, 5) is 23.5. The van der Waals surface area contributed by atoms with Crippen LogP contribution < -0.4 is 4.90 Å². The summed E-state index contributed by atoms with van der Waals surface area (Å²) in [5.74, 6) is -0.933. The Morgan fingerprint density at radius 1 is 1.47 bits per heavy atom. The molecule has 1 aromatic carbocycles. The number of rotatable bonds is 3. The lowest BCUT2D eigenvalue weighted by molar-refractivity contribution is -0.384. The van der Waals surface area contributed by atoms with Crippen molar-refractivity contribution in [1.82, 2.24) is 0 Å². The van der Waals surface area contributed by atoms with Gasteiger partial charge in [0.15, 0.2) is 0 Å². The predicted molar refractivity (Wildman–Crippen MR) is 73.4 cm³/mol. The Morgan fingerprint density at radius 3 is 2.84 bits per heavy atom. The van der Waals surface area contributed by atoms with Gasteiger partial charge in [0.2, 0.25) is 0 Å². The number of carbonyl (C=O) groups is 1. The Kier molecular flexibility index (Phi) is 4.04. The highest BCUT2D eigenvalue weighted by atomic mass is 79.9. The van der Waals surface area contributed by atoms with Crippen molar-refractivity contribution in [2.24, 2.45) is 0 Å². The van der Waals surface area contributed by atoms with E-state index in [1.54, 1.807) is 17.0 Å². The quantitative estimate of drug-likeness (QED) is 0.681. The lowest BCUT2D eigenvalue weighted by Crippen LogP contribution is -2.45. The van der Waals surface area contributed by atoms with Crippen LogP contribution in [0.25, 0.3) is 0 Å². The van der Waals surface area contributed by atoms with Crippen LogP contribution in [-0.2, 0) is 4.79 Å². The molecule has 1 N–H and O–H groups in total. The number of anilines is 1. The van der Waals surface area contributed by atoms with E-state index in [1.165, 1.54) is 6.07 Å². The minimum Gasteiger partial charge on any atom is -0.480 e. The van der Waals surface area contributed by atoms with Gasteiger partial charge in [-0.2, -0.15) is 0 Å². The average molecular weight is 329 g/mol. The maximum Gasteiger partial charge on any atom is 0.326 e. The van der Waals surface area contributed by atoms with Gasteiger partial charge < -0.3 is 10.0 Å². The molecule has 0 spiro atoms. The van der Waals surface area contributed by atoms with E-state index in [0.29, 0.717) is 23.1 Å². The highest BCUT2D eigenvalue weighted by Gasteiger charge is 2.32. The molecule has 1 fully saturated rings. The first-order valence-electron chi connectivity index (χ1n) is 5.94. The van der Waals surface area contributed by atoms with E-state index in [4.69, 9.17) is 0 Å². The Labute approximate surface area is 118 Å². The molecule has 1 aliphatic rings. The first-order valence-corrected chi connectivity index (χ1v) is 6.73. The third-order valence-corrected chi connectivity index (χ3v) is 3.72. The summed E-state index contributed by atoms with van der Waals surface area (Å²) in [5, 5.41) is 20.3. The molecule has 19 heavy (non-hydrogen) atoms. The van der Waals surface area contributed by atoms with Crippen LogP contribution in [0, 0.1) is 10.1 Å². The van der Waals surface area contributed by atoms with Gasteiger partial charge in [-0.15, -0.1) is 0 Å². The molecule has 0 saturated carbocycles. The molecule has 1 saturated heterocycles. The minimum absolute atomic E-state index is 0.0671. The van der Waals surface area contributed by atoms with Gasteiger partial charge in [-0.3, -0.25) is 10.1 Å². The van der Waals surface area contributed by atoms with Gasteiger partial charge in [0, 0.05) is 17.1 Å². The summed E-state index contributed by atoms with van der Waals surface area (Å²) in [5.41, 5.74) is 0.308. The first-order chi connectivity index (χ1) is 9.00. The number of nitrogens with zero attached hydrogens (tertiary/aromatic N) is 2. The van der Waals surface area contributed by atoms with E-state index in [-0.39, 0.29) is 5.69 Å². The van der Waals surface area contributed by atoms with Crippen molar-refractivity contribution in [1.29, 1.82) is 0 Å². The molecular formula is C12H13BrN2O4. The Balaban J connectivity index is 2.44. The number of nitro benzene ring substituents is 1. The molecule has 1 aliphatic heterocycles. The molecule has 1 unspecified atom stereocenters. The molecule has 102 valence electrons. The summed E-state index contributed by atoms with van der Waals surface area (Å²) < 4.78 is 0.604. The zero-order valence-electron chi connectivity index (χ0n) is 10.1. The summed E-state index contributed by atoms with van der Waals surface area (Å²) in [6.07, 6.45) is 2.19. The van der Waals surface area contributed by atoms with E-state index in [2.05, 4.69) is 15.9 Å². The normalized spacial score (nSPS) is 19.2. The zero-order chi connectivity index (χ0) is 14.0. The summed E-state index contributed by atoms with van der Waals surface area (Å²) >= 11 is 3.19. The molecule has 1 aromatic rings. The number of carboxylic acids is 1. The van der Waals surface area contributed by atoms with Crippen LogP contribution in [0.3, 0.4) is 0 Å². The molecule has 2 rings (SSSR count). The van der Waals surface area contributed by atoms with Gasteiger partial charge in [0.25, 0.3) is 5.69 Å². The average Bonchev–Trinajstić information content (AvgIpc) is 2.38. The molecule has 0 amide bonds. The smallest absolute Gasteiger partial charge is 0.326 e. The standard InChI is InChI=1S/C12H13BrN2O4/c13-8-4-5-9(11(7-8)15(18)19)14-6-2-1-3-10(14)12(16)17/h4-5,7,10H,1-3,6H2,(H,16,17). The number of nitro groups is 1. The van der Waals surface area contributed by atoms with Gasteiger partial charge in [0.05, 0.1) is 4.92 Å². The lowest BCUT2D eigenvalue weighted by Gasteiger charge is -2.34. The van der Waals surface area contributed by atoms with Gasteiger partial charge in [-0.05, 0) is 31.4 Å². The Hall–Kier alpha value is -1.63. The summed E-state index contributed by atoms with van der Waals surface area (Å²) in [6, 6.07) is 4.01. The monoisotopic (exact) mass is 328 g/mol. The highest BCUT2D eigenvalue weighted by Crippen LogP contribution is 2.34. The van der Waals surface area contributed by atoms with Crippen LogP contribution >= 0.6 is 15.9 Å². The number of hydrogen-bond acceptors (Lipinski definition) is 4. The van der Waals surface area contributed by atoms with Gasteiger partial charge in [0.1, 0.15) is 11.7 Å². The Morgan fingerprint density at radius 2 is 2.21 bits per heavy atom. The molecule has 0 aliphatic carbocycles. The Bertz CT molecular complexity index is 520. The van der Waals surface area contributed by atoms with Crippen molar-refractivity contribution in [2.75, 3.05) is 11.4 Å². The second-order valence-electron chi connectivity index (χ2n) is 4.43. The summed E-state index contributed by atoms with van der Waals surface area (Å²) in [6.45, 7) is 0.527. The topological polar surface area (TPSA) is 83.7 Å². The molecule has 6 nitrogen and oxygen atoms in total. The van der Waals surface area contributed by atoms with E-state index in [0.717, 1.165) is 12.8 Å². The number of hydrogen-bond donors (Lipinski definition) is 1. The maximum atomic E-state index is 11.3. The number of aliphatic carboxylic acids is 1. The van der Waals surface area contributed by atoms with E-state index in [1.807, 2.05) is 0 Å². The largest absolute Gasteiger partial charge is 0.480 e. The molecule has 0 aromatic heterocycles. The maximum absolute atomic E-state index is 11.3. The van der Waals surface area contributed by atoms with Crippen LogP contribution in [0.1, 0.15) is 19.3 Å². The molecule has 1 heterocycles. The molecule has 0 radical (unpaired) electrons. The van der Waals surface area contributed by atoms with Crippen molar-refractivity contribution in [3.8, 4) is 0 Å². The number of carboxylic acid groups (broad SMARTS) is 1. The second kappa shape index (κ2) is 5.56. The minimum atomic E-state index is -0.933. The van der Waals surface area contributed by atoms with Gasteiger partial charge >= 0.3 is 5.97 Å². The van der Waals surface area contributed by atoms with Crippen LogP contribution in [0.2, 0.25) is 0 Å². The fourth-order valence-electron chi connectivity index (χ4n) is 2.36.